The van der Waals surface area contributed by atoms with Crippen molar-refractivity contribution in [3.8, 4) is 16.8 Å². The number of hydrogen-bond donors (Lipinski definition) is 0. The third kappa shape index (κ3) is 2.96. The minimum Gasteiger partial charge on any atom is -0.296 e. The van der Waals surface area contributed by atoms with Gasteiger partial charge in [-0.15, -0.1) is 11.3 Å². The van der Waals surface area contributed by atoms with Crippen molar-refractivity contribution in [1.29, 1.82) is 0 Å². The Bertz CT molecular complexity index is 1840. The zero-order valence-electron chi connectivity index (χ0n) is 18.7. The standard InChI is InChI=1S/C30H21N3S/c1-2-29-31-25-8-4-5-9-26(25)33(29)22-14-11-19(12-15-22)20-13-16-24-21(17-20)18-28-30(32-24)23-7-3-6-10-27(23)34-28/h3-18H,2H2,1H3. The van der Waals surface area contributed by atoms with Gasteiger partial charge >= 0.3 is 0 Å². The topological polar surface area (TPSA) is 30.7 Å². The number of pyridine rings is 1. The monoisotopic (exact) mass is 455 g/mol. The molecule has 0 amide bonds. The molecule has 7 aromatic rings. The van der Waals surface area contributed by atoms with Gasteiger partial charge in [0.1, 0.15) is 5.82 Å². The summed E-state index contributed by atoms with van der Waals surface area (Å²) in [7, 11) is 0. The van der Waals surface area contributed by atoms with Crippen molar-refractivity contribution in [2.24, 2.45) is 0 Å². The SMILES string of the molecule is CCc1nc2ccccc2n1-c1ccc(-c2ccc3nc4c(cc3c2)sc2ccccc24)cc1. The lowest BCUT2D eigenvalue weighted by atomic mass is 10.0. The summed E-state index contributed by atoms with van der Waals surface area (Å²) in [6.07, 6.45) is 0.889. The van der Waals surface area contributed by atoms with E-state index in [1.165, 1.54) is 31.3 Å². The van der Waals surface area contributed by atoms with Crippen LogP contribution in [0.25, 0.3) is 59.1 Å². The van der Waals surface area contributed by atoms with E-state index in [0.29, 0.717) is 0 Å². The van der Waals surface area contributed by atoms with Gasteiger partial charge in [-0.25, -0.2) is 9.97 Å². The highest BCUT2D eigenvalue weighted by molar-refractivity contribution is 7.25. The van der Waals surface area contributed by atoms with E-state index in [9.17, 15) is 0 Å². The number of benzene rings is 4. The van der Waals surface area contributed by atoms with Crippen LogP contribution in [0.4, 0.5) is 0 Å². The number of thiophene rings is 1. The lowest BCUT2D eigenvalue weighted by molar-refractivity contribution is 0.908. The maximum atomic E-state index is 5.00. The first kappa shape index (κ1) is 19.4. The molecule has 4 aromatic carbocycles. The van der Waals surface area contributed by atoms with Crippen LogP contribution in [0, 0.1) is 0 Å². The summed E-state index contributed by atoms with van der Waals surface area (Å²) in [5.41, 5.74) is 7.87. The summed E-state index contributed by atoms with van der Waals surface area (Å²) in [6, 6.07) is 34.5. The number of hydrogen-bond acceptors (Lipinski definition) is 3. The molecule has 0 aliphatic rings. The third-order valence-corrected chi connectivity index (χ3v) is 7.65. The molecule has 0 saturated carbocycles. The van der Waals surface area contributed by atoms with Crippen molar-refractivity contribution in [2.45, 2.75) is 13.3 Å². The molecule has 3 nitrogen and oxygen atoms in total. The third-order valence-electron chi connectivity index (χ3n) is 6.55. The Balaban J connectivity index is 1.31. The summed E-state index contributed by atoms with van der Waals surface area (Å²) in [5.74, 6) is 1.08. The molecule has 0 aliphatic heterocycles. The minimum absolute atomic E-state index is 0.889. The van der Waals surface area contributed by atoms with Crippen LogP contribution in [-0.2, 0) is 6.42 Å². The predicted molar refractivity (Wildman–Crippen MR) is 144 cm³/mol. The molecule has 0 atom stereocenters. The maximum absolute atomic E-state index is 5.00. The Hall–Kier alpha value is -4.02. The van der Waals surface area contributed by atoms with Gasteiger partial charge in [0, 0.05) is 27.6 Å². The second-order valence-corrected chi connectivity index (χ2v) is 9.68. The fraction of sp³-hybridized carbons (Fsp3) is 0.0667. The van der Waals surface area contributed by atoms with Gasteiger partial charge in [-0.1, -0.05) is 55.5 Å². The number of aryl methyl sites for hydroxylation is 1. The molecular weight excluding hydrogens is 434 g/mol. The van der Waals surface area contributed by atoms with Gasteiger partial charge in [0.25, 0.3) is 0 Å². The molecule has 0 aliphatic carbocycles. The van der Waals surface area contributed by atoms with Crippen LogP contribution in [0.3, 0.4) is 0 Å². The van der Waals surface area contributed by atoms with Crippen molar-refractivity contribution < 1.29 is 0 Å². The van der Waals surface area contributed by atoms with Crippen molar-refractivity contribution in [3.05, 3.63) is 103 Å². The molecule has 3 aromatic heterocycles. The number of para-hydroxylation sites is 2. The number of rotatable bonds is 3. The number of fused-ring (bicyclic) bond motifs is 5. The van der Waals surface area contributed by atoms with Crippen LogP contribution in [0.5, 0.6) is 0 Å². The largest absolute Gasteiger partial charge is 0.296 e. The molecule has 3 heterocycles. The van der Waals surface area contributed by atoms with Crippen molar-refractivity contribution in [3.63, 3.8) is 0 Å². The Morgan fingerprint density at radius 1 is 0.706 bits per heavy atom. The first-order valence-corrected chi connectivity index (χ1v) is 12.4. The molecule has 0 radical (unpaired) electrons. The fourth-order valence-electron chi connectivity index (χ4n) is 4.88. The smallest absolute Gasteiger partial charge is 0.114 e. The lowest BCUT2D eigenvalue weighted by Gasteiger charge is -2.10. The maximum Gasteiger partial charge on any atom is 0.114 e. The minimum atomic E-state index is 0.889. The average molecular weight is 456 g/mol. The van der Waals surface area contributed by atoms with E-state index in [4.69, 9.17) is 9.97 Å². The van der Waals surface area contributed by atoms with E-state index in [2.05, 4.69) is 102 Å². The molecule has 162 valence electrons. The second-order valence-electron chi connectivity index (χ2n) is 8.59. The van der Waals surface area contributed by atoms with E-state index < -0.39 is 0 Å². The summed E-state index contributed by atoms with van der Waals surface area (Å²) < 4.78 is 4.79. The van der Waals surface area contributed by atoms with Crippen LogP contribution in [0.15, 0.2) is 97.1 Å². The van der Waals surface area contributed by atoms with Gasteiger partial charge in [-0.3, -0.25) is 4.57 Å². The van der Waals surface area contributed by atoms with Gasteiger partial charge in [-0.2, -0.15) is 0 Å². The molecule has 0 spiro atoms. The Morgan fingerprint density at radius 3 is 2.38 bits per heavy atom. The highest BCUT2D eigenvalue weighted by Gasteiger charge is 2.12. The van der Waals surface area contributed by atoms with Gasteiger partial charge in [0.05, 0.1) is 26.8 Å². The van der Waals surface area contributed by atoms with Crippen molar-refractivity contribution in [1.82, 2.24) is 14.5 Å². The lowest BCUT2D eigenvalue weighted by Crippen LogP contribution is -1.99. The Kier molecular flexibility index (Phi) is 4.29. The van der Waals surface area contributed by atoms with Gasteiger partial charge < -0.3 is 0 Å². The average Bonchev–Trinajstić information content (AvgIpc) is 3.45. The van der Waals surface area contributed by atoms with E-state index in [1.807, 2.05) is 17.4 Å². The molecule has 0 fully saturated rings. The normalized spacial score (nSPS) is 11.8. The Labute approximate surface area is 201 Å². The molecule has 0 unspecified atom stereocenters. The van der Waals surface area contributed by atoms with Gasteiger partial charge in [0.15, 0.2) is 0 Å². The number of aromatic nitrogens is 3. The summed E-state index contributed by atoms with van der Waals surface area (Å²) >= 11 is 1.81. The molecule has 34 heavy (non-hydrogen) atoms. The van der Waals surface area contributed by atoms with Gasteiger partial charge in [-0.05, 0) is 59.7 Å². The predicted octanol–water partition coefficient (Wildman–Crippen LogP) is 8.17. The molecule has 0 bridgehead atoms. The number of nitrogens with zero attached hydrogens (tertiary/aromatic N) is 3. The summed E-state index contributed by atoms with van der Waals surface area (Å²) in [5, 5.41) is 2.41. The Morgan fingerprint density at radius 2 is 1.50 bits per heavy atom. The zero-order valence-corrected chi connectivity index (χ0v) is 19.5. The van der Waals surface area contributed by atoms with Crippen LogP contribution >= 0.6 is 11.3 Å². The van der Waals surface area contributed by atoms with Crippen LogP contribution in [0.1, 0.15) is 12.7 Å². The fourth-order valence-corrected chi connectivity index (χ4v) is 5.98. The molecule has 0 saturated heterocycles. The first-order chi connectivity index (χ1) is 16.8. The highest BCUT2D eigenvalue weighted by atomic mass is 32.1. The number of imidazole rings is 1. The summed E-state index contributed by atoms with van der Waals surface area (Å²) in [4.78, 5) is 9.82. The quantitative estimate of drug-likeness (QED) is 0.269. The zero-order chi connectivity index (χ0) is 22.6. The van der Waals surface area contributed by atoms with E-state index in [1.54, 1.807) is 0 Å². The highest BCUT2D eigenvalue weighted by Crippen LogP contribution is 2.35. The van der Waals surface area contributed by atoms with Gasteiger partial charge in [0.2, 0.25) is 0 Å². The molecule has 4 heteroatoms. The summed E-state index contributed by atoms with van der Waals surface area (Å²) in [6.45, 7) is 2.16. The first-order valence-electron chi connectivity index (χ1n) is 11.6. The van der Waals surface area contributed by atoms with Crippen molar-refractivity contribution in [2.75, 3.05) is 0 Å². The molecule has 7 rings (SSSR count). The van der Waals surface area contributed by atoms with E-state index >= 15 is 0 Å². The van der Waals surface area contributed by atoms with Crippen LogP contribution < -0.4 is 0 Å². The van der Waals surface area contributed by atoms with E-state index in [0.717, 1.165) is 40.0 Å². The second kappa shape index (κ2) is 7.51. The molecular formula is C30H21N3S. The van der Waals surface area contributed by atoms with Crippen LogP contribution in [-0.4, -0.2) is 14.5 Å². The van der Waals surface area contributed by atoms with Crippen molar-refractivity contribution >= 4 is 53.6 Å². The van der Waals surface area contributed by atoms with Crippen LogP contribution in [0.2, 0.25) is 0 Å². The molecule has 0 N–H and O–H groups in total. The van der Waals surface area contributed by atoms with E-state index in [-0.39, 0.29) is 0 Å².